The maximum atomic E-state index is 12.8. The lowest BCUT2D eigenvalue weighted by molar-refractivity contribution is -0.146. The Balaban J connectivity index is 1.62. The van der Waals surface area contributed by atoms with E-state index < -0.39 is 36.6 Å². The van der Waals surface area contributed by atoms with Gasteiger partial charge in [-0.25, -0.2) is 4.79 Å². The number of aryl methyl sites for hydroxylation is 2. The highest BCUT2D eigenvalue weighted by Crippen LogP contribution is 2.28. The second-order valence-electron chi connectivity index (χ2n) is 7.20. The van der Waals surface area contributed by atoms with Crippen LogP contribution in [0.5, 0.6) is 0 Å². The van der Waals surface area contributed by atoms with Gasteiger partial charge in [-0.1, -0.05) is 42.5 Å². The van der Waals surface area contributed by atoms with Gasteiger partial charge in [-0.05, 0) is 43.5 Å². The number of urea groups is 1. The van der Waals surface area contributed by atoms with Gasteiger partial charge in [0.05, 0.1) is 0 Å². The molecule has 1 saturated heterocycles. The Hall–Kier alpha value is -3.48. The lowest BCUT2D eigenvalue weighted by atomic mass is 9.92. The van der Waals surface area contributed by atoms with Crippen LogP contribution in [0.3, 0.4) is 0 Å². The largest absolute Gasteiger partial charge is 0.456 e. The van der Waals surface area contributed by atoms with Crippen molar-refractivity contribution in [3.63, 3.8) is 0 Å². The summed E-state index contributed by atoms with van der Waals surface area (Å²) in [7, 11) is 0. The Morgan fingerprint density at radius 3 is 2.38 bits per heavy atom. The smallest absolute Gasteiger partial charge is 0.326 e. The summed E-state index contributed by atoms with van der Waals surface area (Å²) in [5.41, 5.74) is 1.81. The van der Waals surface area contributed by atoms with Crippen LogP contribution in [0.2, 0.25) is 0 Å². The fraction of sp³-hybridized carbons (Fsp3) is 0.273. The van der Waals surface area contributed by atoms with Crippen LogP contribution >= 0.6 is 0 Å². The van der Waals surface area contributed by atoms with Gasteiger partial charge in [0.2, 0.25) is 0 Å². The number of rotatable bonds is 6. The van der Waals surface area contributed by atoms with Gasteiger partial charge in [-0.3, -0.25) is 19.3 Å². The van der Waals surface area contributed by atoms with Crippen LogP contribution in [0.4, 0.5) is 4.79 Å². The first-order chi connectivity index (χ1) is 13.7. The molecule has 1 N–H and O–H groups in total. The van der Waals surface area contributed by atoms with Crippen molar-refractivity contribution in [2.24, 2.45) is 0 Å². The molecule has 1 aliphatic heterocycles. The molecule has 29 heavy (non-hydrogen) atoms. The first kappa shape index (κ1) is 20.3. The molecule has 2 aromatic carbocycles. The molecule has 3 amide bonds. The first-order valence-electron chi connectivity index (χ1n) is 9.18. The van der Waals surface area contributed by atoms with E-state index in [2.05, 4.69) is 5.32 Å². The lowest BCUT2D eigenvalue weighted by Crippen LogP contribution is -2.41. The van der Waals surface area contributed by atoms with Crippen molar-refractivity contribution in [2.75, 3.05) is 13.2 Å². The molecule has 0 spiro atoms. The third kappa shape index (κ3) is 4.03. The summed E-state index contributed by atoms with van der Waals surface area (Å²) in [5.74, 6) is -1.73. The fourth-order valence-electron chi connectivity index (χ4n) is 3.13. The zero-order valence-electron chi connectivity index (χ0n) is 16.5. The highest BCUT2D eigenvalue weighted by molar-refractivity contribution is 6.09. The second kappa shape index (κ2) is 7.87. The molecule has 0 saturated carbocycles. The summed E-state index contributed by atoms with van der Waals surface area (Å²) in [6.45, 7) is 4.38. The van der Waals surface area contributed by atoms with Gasteiger partial charge in [0.1, 0.15) is 12.1 Å². The number of benzene rings is 2. The van der Waals surface area contributed by atoms with E-state index in [1.54, 1.807) is 49.4 Å². The van der Waals surface area contributed by atoms with Crippen LogP contribution in [0, 0.1) is 13.8 Å². The van der Waals surface area contributed by atoms with Gasteiger partial charge >= 0.3 is 12.0 Å². The number of ether oxygens (including phenoxy) is 1. The number of Topliss-reactive ketones (excluding diaryl/α,β-unsaturated/α-hetero) is 1. The molecule has 1 heterocycles. The number of hydrogen-bond acceptors (Lipinski definition) is 5. The van der Waals surface area contributed by atoms with Crippen molar-refractivity contribution >= 4 is 23.7 Å². The molecule has 0 bridgehead atoms. The minimum absolute atomic E-state index is 0.354. The highest BCUT2D eigenvalue weighted by Gasteiger charge is 2.49. The maximum absolute atomic E-state index is 12.8. The molecule has 0 aromatic heterocycles. The van der Waals surface area contributed by atoms with Crippen molar-refractivity contribution in [3.8, 4) is 0 Å². The van der Waals surface area contributed by atoms with Gasteiger partial charge in [-0.2, -0.15) is 0 Å². The van der Waals surface area contributed by atoms with Crippen molar-refractivity contribution < 1.29 is 23.9 Å². The number of nitrogens with one attached hydrogen (secondary N) is 1. The van der Waals surface area contributed by atoms with Crippen molar-refractivity contribution in [2.45, 2.75) is 26.3 Å². The van der Waals surface area contributed by atoms with Crippen LogP contribution in [0.1, 0.15) is 34.0 Å². The van der Waals surface area contributed by atoms with Gasteiger partial charge in [-0.15, -0.1) is 0 Å². The summed E-state index contributed by atoms with van der Waals surface area (Å²) in [6, 6.07) is 13.3. The molecule has 150 valence electrons. The minimum atomic E-state index is -1.26. The third-order valence-corrected chi connectivity index (χ3v) is 5.11. The molecule has 1 aliphatic rings. The van der Waals surface area contributed by atoms with Crippen LogP contribution < -0.4 is 5.32 Å². The molecule has 3 rings (SSSR count). The third-order valence-electron chi connectivity index (χ3n) is 5.11. The Morgan fingerprint density at radius 1 is 1.03 bits per heavy atom. The molecule has 7 heteroatoms. The molecule has 0 aliphatic carbocycles. The Labute approximate surface area is 168 Å². The van der Waals surface area contributed by atoms with Crippen LogP contribution in [-0.4, -0.2) is 41.7 Å². The van der Waals surface area contributed by atoms with Gasteiger partial charge in [0, 0.05) is 5.56 Å². The predicted molar refractivity (Wildman–Crippen MR) is 105 cm³/mol. The quantitative estimate of drug-likeness (QED) is 0.462. The van der Waals surface area contributed by atoms with Gasteiger partial charge in [0.25, 0.3) is 5.91 Å². The molecule has 2 aromatic rings. The SMILES string of the molecule is Cc1ccc(C(=O)COC(=O)CN2C(=O)NC(C)(c3ccccc3)C2=O)cc1C. The Bertz CT molecular complexity index is 986. The Kier molecular flexibility index (Phi) is 5.50. The van der Waals surface area contributed by atoms with E-state index in [0.717, 1.165) is 16.0 Å². The number of imide groups is 1. The number of amides is 3. The molecule has 1 fully saturated rings. The number of carbonyl (C=O) groups is 4. The Morgan fingerprint density at radius 2 is 1.72 bits per heavy atom. The molecule has 7 nitrogen and oxygen atoms in total. The van der Waals surface area contributed by atoms with E-state index >= 15 is 0 Å². The average Bonchev–Trinajstić information content (AvgIpc) is 2.93. The summed E-state index contributed by atoms with van der Waals surface area (Å²) >= 11 is 0. The van der Waals surface area contributed by atoms with E-state index in [0.29, 0.717) is 11.1 Å². The molecular formula is C22H22N2O5. The topological polar surface area (TPSA) is 92.8 Å². The fourth-order valence-corrected chi connectivity index (χ4v) is 3.13. The van der Waals surface area contributed by atoms with Crippen molar-refractivity contribution in [1.82, 2.24) is 10.2 Å². The molecule has 0 radical (unpaired) electrons. The zero-order valence-corrected chi connectivity index (χ0v) is 16.5. The summed E-state index contributed by atoms with van der Waals surface area (Å²) < 4.78 is 5.00. The first-order valence-corrected chi connectivity index (χ1v) is 9.18. The normalized spacial score (nSPS) is 18.5. The zero-order chi connectivity index (χ0) is 21.2. The van der Waals surface area contributed by atoms with E-state index in [9.17, 15) is 19.2 Å². The number of esters is 1. The van der Waals surface area contributed by atoms with E-state index in [4.69, 9.17) is 4.74 Å². The van der Waals surface area contributed by atoms with Crippen molar-refractivity contribution in [1.29, 1.82) is 0 Å². The van der Waals surface area contributed by atoms with Gasteiger partial charge in [0.15, 0.2) is 12.4 Å². The molecular weight excluding hydrogens is 372 g/mol. The van der Waals surface area contributed by atoms with E-state index in [1.165, 1.54) is 0 Å². The van der Waals surface area contributed by atoms with E-state index in [-0.39, 0.29) is 5.78 Å². The number of hydrogen-bond donors (Lipinski definition) is 1. The minimum Gasteiger partial charge on any atom is -0.456 e. The van der Waals surface area contributed by atoms with Crippen LogP contribution in [0.15, 0.2) is 48.5 Å². The van der Waals surface area contributed by atoms with Gasteiger partial charge < -0.3 is 10.1 Å². The standard InChI is InChI=1S/C22H22N2O5/c1-14-9-10-16(11-15(14)2)18(25)13-29-19(26)12-24-20(27)22(3,23-21(24)28)17-7-5-4-6-8-17/h4-11H,12-13H2,1-3H3,(H,23,28). The average molecular weight is 394 g/mol. The lowest BCUT2D eigenvalue weighted by Gasteiger charge is -2.21. The number of ketones is 1. The monoisotopic (exact) mass is 394 g/mol. The predicted octanol–water partition coefficient (Wildman–Crippen LogP) is 2.50. The summed E-state index contributed by atoms with van der Waals surface area (Å²) in [4.78, 5) is 50.2. The molecule has 1 unspecified atom stereocenters. The summed E-state index contributed by atoms with van der Waals surface area (Å²) in [5, 5.41) is 2.62. The number of nitrogens with zero attached hydrogens (tertiary/aromatic N) is 1. The van der Waals surface area contributed by atoms with E-state index in [1.807, 2.05) is 19.9 Å². The van der Waals surface area contributed by atoms with Crippen LogP contribution in [0.25, 0.3) is 0 Å². The maximum Gasteiger partial charge on any atom is 0.326 e. The molecule has 1 atom stereocenters. The van der Waals surface area contributed by atoms with Crippen LogP contribution in [-0.2, 0) is 19.9 Å². The van der Waals surface area contributed by atoms with Crippen molar-refractivity contribution in [3.05, 3.63) is 70.8 Å². The number of carbonyl (C=O) groups excluding carboxylic acids is 4. The highest BCUT2D eigenvalue weighted by atomic mass is 16.5. The summed E-state index contributed by atoms with van der Waals surface area (Å²) in [6.07, 6.45) is 0. The second-order valence-corrected chi connectivity index (χ2v) is 7.20.